The van der Waals surface area contributed by atoms with Crippen LogP contribution in [-0.2, 0) is 16.6 Å². The Labute approximate surface area is 125 Å². The van der Waals surface area contributed by atoms with Gasteiger partial charge in [-0.25, -0.2) is 23.3 Å². The van der Waals surface area contributed by atoms with Gasteiger partial charge in [-0.15, -0.1) is 11.3 Å². The number of hydrogen-bond donors (Lipinski definition) is 3. The van der Waals surface area contributed by atoms with Crippen LogP contribution in [0.25, 0.3) is 0 Å². The van der Waals surface area contributed by atoms with Crippen LogP contribution in [0.3, 0.4) is 0 Å². The number of carboxylic acids is 1. The standard InChI is InChI=1S/C12H13N3O4S2/c1-7-11(20-6-15-7)5-14-10-3-2-8(21(13,18)19)4-9(10)12(16)17/h2-4,6,14H,5H2,1H3,(H,16,17)(H2,13,18,19). The number of anilines is 1. The third-order valence-corrected chi connectivity index (χ3v) is 4.68. The molecule has 0 aliphatic rings. The molecule has 9 heteroatoms. The fourth-order valence-corrected chi connectivity index (χ4v) is 2.96. The molecule has 2 rings (SSSR count). The first kappa shape index (κ1) is 15.4. The number of nitrogens with zero attached hydrogens (tertiary/aromatic N) is 1. The van der Waals surface area contributed by atoms with E-state index in [0.29, 0.717) is 12.2 Å². The summed E-state index contributed by atoms with van der Waals surface area (Å²) in [6.45, 7) is 2.27. The minimum absolute atomic E-state index is 0.149. The van der Waals surface area contributed by atoms with Crippen molar-refractivity contribution in [2.75, 3.05) is 5.32 Å². The summed E-state index contributed by atoms with van der Waals surface area (Å²) in [5.41, 5.74) is 2.74. The number of primary sulfonamides is 1. The molecule has 21 heavy (non-hydrogen) atoms. The molecule has 1 heterocycles. The van der Waals surface area contributed by atoms with Gasteiger partial charge in [-0.05, 0) is 25.1 Å². The van der Waals surface area contributed by atoms with E-state index in [1.165, 1.54) is 23.5 Å². The number of aromatic carboxylic acids is 1. The Kier molecular flexibility index (Phi) is 4.26. The zero-order valence-electron chi connectivity index (χ0n) is 11.0. The maximum absolute atomic E-state index is 11.3. The Hall–Kier alpha value is -1.97. The van der Waals surface area contributed by atoms with Crippen molar-refractivity contribution in [3.05, 3.63) is 39.8 Å². The number of sulfonamides is 1. The van der Waals surface area contributed by atoms with Crippen molar-refractivity contribution in [2.45, 2.75) is 18.4 Å². The summed E-state index contributed by atoms with van der Waals surface area (Å²) in [6.07, 6.45) is 0. The molecule has 0 radical (unpaired) electrons. The highest BCUT2D eigenvalue weighted by Gasteiger charge is 2.16. The number of nitrogens with two attached hydrogens (primary N) is 1. The molecular weight excluding hydrogens is 314 g/mol. The summed E-state index contributed by atoms with van der Waals surface area (Å²) in [7, 11) is -3.94. The number of rotatable bonds is 5. The van der Waals surface area contributed by atoms with Crippen LogP contribution in [0, 0.1) is 6.92 Å². The highest BCUT2D eigenvalue weighted by atomic mass is 32.2. The summed E-state index contributed by atoms with van der Waals surface area (Å²) in [6, 6.07) is 3.70. The molecule has 112 valence electrons. The number of hydrogen-bond acceptors (Lipinski definition) is 6. The number of thiazole rings is 1. The molecule has 7 nitrogen and oxygen atoms in total. The predicted octanol–water partition coefficient (Wildman–Crippen LogP) is 1.41. The van der Waals surface area contributed by atoms with Gasteiger partial charge < -0.3 is 10.4 Å². The van der Waals surface area contributed by atoms with Crippen molar-refractivity contribution in [3.63, 3.8) is 0 Å². The molecule has 0 aliphatic carbocycles. The summed E-state index contributed by atoms with van der Waals surface area (Å²) in [5.74, 6) is -1.23. The van der Waals surface area contributed by atoms with Crippen LogP contribution in [0.2, 0.25) is 0 Å². The maximum Gasteiger partial charge on any atom is 0.337 e. The first-order valence-electron chi connectivity index (χ1n) is 5.82. The van der Waals surface area contributed by atoms with Crippen LogP contribution >= 0.6 is 11.3 Å². The van der Waals surface area contributed by atoms with E-state index in [-0.39, 0.29) is 10.5 Å². The molecule has 1 aromatic carbocycles. The van der Waals surface area contributed by atoms with Gasteiger partial charge in [0.25, 0.3) is 0 Å². The van der Waals surface area contributed by atoms with Gasteiger partial charge >= 0.3 is 5.97 Å². The number of carboxylic acid groups (broad SMARTS) is 1. The Morgan fingerprint density at radius 2 is 2.19 bits per heavy atom. The smallest absolute Gasteiger partial charge is 0.337 e. The van der Waals surface area contributed by atoms with Crippen molar-refractivity contribution in [1.82, 2.24) is 4.98 Å². The van der Waals surface area contributed by atoms with E-state index in [1.807, 2.05) is 6.92 Å². The lowest BCUT2D eigenvalue weighted by atomic mass is 10.2. The summed E-state index contributed by atoms with van der Waals surface area (Å²) < 4.78 is 22.5. The SMILES string of the molecule is Cc1ncsc1CNc1ccc(S(N)(=O)=O)cc1C(=O)O. The van der Waals surface area contributed by atoms with Crippen molar-refractivity contribution in [2.24, 2.45) is 5.14 Å². The Balaban J connectivity index is 2.31. The van der Waals surface area contributed by atoms with E-state index in [2.05, 4.69) is 10.3 Å². The number of carbonyl (C=O) groups is 1. The molecule has 0 saturated heterocycles. The van der Waals surface area contributed by atoms with Gasteiger partial charge in [0.2, 0.25) is 10.0 Å². The van der Waals surface area contributed by atoms with Crippen LogP contribution in [0.15, 0.2) is 28.6 Å². The van der Waals surface area contributed by atoms with Gasteiger partial charge in [-0.3, -0.25) is 0 Å². The van der Waals surface area contributed by atoms with Crippen LogP contribution in [0.1, 0.15) is 20.9 Å². The highest BCUT2D eigenvalue weighted by molar-refractivity contribution is 7.89. The number of nitrogens with one attached hydrogen (secondary N) is 1. The lowest BCUT2D eigenvalue weighted by molar-refractivity contribution is 0.0697. The zero-order valence-corrected chi connectivity index (χ0v) is 12.7. The van der Waals surface area contributed by atoms with Crippen LogP contribution < -0.4 is 10.5 Å². The quantitative estimate of drug-likeness (QED) is 0.763. The van der Waals surface area contributed by atoms with Crippen molar-refractivity contribution in [1.29, 1.82) is 0 Å². The largest absolute Gasteiger partial charge is 0.478 e. The average molecular weight is 327 g/mol. The Morgan fingerprint density at radius 3 is 2.71 bits per heavy atom. The van der Waals surface area contributed by atoms with Crippen LogP contribution in [0.4, 0.5) is 5.69 Å². The molecule has 2 aromatic rings. The molecule has 0 aliphatic heterocycles. The molecule has 0 amide bonds. The topological polar surface area (TPSA) is 122 Å². The lowest BCUT2D eigenvalue weighted by Gasteiger charge is -2.10. The van der Waals surface area contributed by atoms with Gasteiger partial charge in [-0.1, -0.05) is 0 Å². The van der Waals surface area contributed by atoms with E-state index >= 15 is 0 Å². The van der Waals surface area contributed by atoms with Gasteiger partial charge in [0, 0.05) is 10.6 Å². The molecule has 0 saturated carbocycles. The second kappa shape index (κ2) is 5.80. The van der Waals surface area contributed by atoms with Gasteiger partial charge in [0.05, 0.1) is 28.2 Å². The number of aromatic nitrogens is 1. The van der Waals surface area contributed by atoms with E-state index in [9.17, 15) is 18.3 Å². The molecular formula is C12H13N3O4S2. The minimum Gasteiger partial charge on any atom is -0.478 e. The second-order valence-corrected chi connectivity index (χ2v) is 6.77. The summed E-state index contributed by atoms with van der Waals surface area (Å²) in [5, 5.41) is 17.2. The van der Waals surface area contributed by atoms with Crippen molar-refractivity contribution >= 4 is 33.0 Å². The van der Waals surface area contributed by atoms with Crippen molar-refractivity contribution in [3.8, 4) is 0 Å². The molecule has 0 spiro atoms. The first-order valence-corrected chi connectivity index (χ1v) is 8.24. The second-order valence-electron chi connectivity index (χ2n) is 4.27. The highest BCUT2D eigenvalue weighted by Crippen LogP contribution is 2.22. The predicted molar refractivity (Wildman–Crippen MR) is 79.0 cm³/mol. The fraction of sp³-hybridized carbons (Fsp3) is 0.167. The molecule has 4 N–H and O–H groups in total. The molecule has 1 aromatic heterocycles. The lowest BCUT2D eigenvalue weighted by Crippen LogP contribution is -2.14. The molecule has 0 bridgehead atoms. The monoisotopic (exact) mass is 327 g/mol. The fourth-order valence-electron chi connectivity index (χ4n) is 1.70. The van der Waals surface area contributed by atoms with Gasteiger partial charge in [0.15, 0.2) is 0 Å². The first-order chi connectivity index (χ1) is 9.79. The Morgan fingerprint density at radius 1 is 1.48 bits per heavy atom. The van der Waals surface area contributed by atoms with Crippen LogP contribution in [-0.4, -0.2) is 24.5 Å². The summed E-state index contributed by atoms with van der Waals surface area (Å²) >= 11 is 1.45. The van der Waals surface area contributed by atoms with E-state index in [0.717, 1.165) is 16.6 Å². The number of benzene rings is 1. The molecule has 0 atom stereocenters. The van der Waals surface area contributed by atoms with Gasteiger partial charge in [-0.2, -0.15) is 0 Å². The summed E-state index contributed by atoms with van der Waals surface area (Å²) in [4.78, 5) is 16.1. The zero-order chi connectivity index (χ0) is 15.6. The molecule has 0 fully saturated rings. The van der Waals surface area contributed by atoms with E-state index in [1.54, 1.807) is 5.51 Å². The third kappa shape index (κ3) is 3.57. The number of aryl methyl sites for hydroxylation is 1. The van der Waals surface area contributed by atoms with Crippen molar-refractivity contribution < 1.29 is 18.3 Å². The van der Waals surface area contributed by atoms with Crippen LogP contribution in [0.5, 0.6) is 0 Å². The average Bonchev–Trinajstić information content (AvgIpc) is 2.80. The van der Waals surface area contributed by atoms with Gasteiger partial charge in [0.1, 0.15) is 0 Å². The molecule has 0 unspecified atom stereocenters. The normalized spacial score (nSPS) is 11.3. The minimum atomic E-state index is -3.94. The van der Waals surface area contributed by atoms with E-state index < -0.39 is 16.0 Å². The van der Waals surface area contributed by atoms with E-state index in [4.69, 9.17) is 5.14 Å². The Bertz CT molecular complexity index is 784. The third-order valence-electron chi connectivity index (χ3n) is 2.83. The maximum atomic E-state index is 11.3.